The Balaban J connectivity index is 0.00000106. The Hall–Kier alpha value is -3.21. The van der Waals surface area contributed by atoms with Crippen molar-refractivity contribution in [2.75, 3.05) is 10.6 Å². The van der Waals surface area contributed by atoms with Gasteiger partial charge in [-0.15, -0.1) is 0 Å². The van der Waals surface area contributed by atoms with Crippen LogP contribution in [0, 0.1) is 13.8 Å². The number of nitrogens with zero attached hydrogens (tertiary/aromatic N) is 2. The standard InChI is InChI=1S/C21H22N4O.2C2H6/c1-4-17-11-12-22-21(24-17)25-19-13-18(10-7-15(19)3)23-20(26)16-8-5-14(2)6-9-16;2*1-2/h5-13H,4H2,1-3H3,(H,23,26)(H,22,24,25);2*1-2H3. The monoisotopic (exact) mass is 406 g/mol. The van der Waals surface area contributed by atoms with E-state index in [4.69, 9.17) is 0 Å². The van der Waals surface area contributed by atoms with Crippen LogP contribution in [0.5, 0.6) is 0 Å². The molecule has 3 rings (SSSR count). The number of aromatic nitrogens is 2. The highest BCUT2D eigenvalue weighted by Gasteiger charge is 2.08. The third-order valence-electron chi connectivity index (χ3n) is 4.13. The van der Waals surface area contributed by atoms with Gasteiger partial charge < -0.3 is 10.6 Å². The predicted octanol–water partition coefficient (Wildman–Crippen LogP) is 6.70. The first-order chi connectivity index (χ1) is 14.5. The SMILES string of the molecule is CC.CC.CCc1ccnc(Nc2cc(NC(=O)c3ccc(C)cc3)ccc2C)n1. The number of rotatable bonds is 5. The van der Waals surface area contributed by atoms with Gasteiger partial charge in [0, 0.05) is 28.8 Å². The summed E-state index contributed by atoms with van der Waals surface area (Å²) in [7, 11) is 0. The van der Waals surface area contributed by atoms with Crippen LogP contribution in [0.2, 0.25) is 0 Å². The fraction of sp³-hybridized carbons (Fsp3) is 0.320. The van der Waals surface area contributed by atoms with E-state index in [1.54, 1.807) is 6.20 Å². The highest BCUT2D eigenvalue weighted by Crippen LogP contribution is 2.23. The largest absolute Gasteiger partial charge is 0.324 e. The second-order valence-electron chi connectivity index (χ2n) is 6.20. The van der Waals surface area contributed by atoms with Crippen LogP contribution in [0.15, 0.2) is 54.7 Å². The molecule has 1 aromatic heterocycles. The summed E-state index contributed by atoms with van der Waals surface area (Å²) in [5.74, 6) is 0.415. The van der Waals surface area contributed by atoms with Crippen molar-refractivity contribution in [3.8, 4) is 0 Å². The predicted molar refractivity (Wildman–Crippen MR) is 128 cm³/mol. The summed E-state index contributed by atoms with van der Waals surface area (Å²) in [4.78, 5) is 21.1. The van der Waals surface area contributed by atoms with Crippen LogP contribution in [0.25, 0.3) is 0 Å². The summed E-state index contributed by atoms with van der Waals surface area (Å²) in [5, 5.41) is 6.17. The van der Waals surface area contributed by atoms with Gasteiger partial charge in [-0.25, -0.2) is 9.97 Å². The van der Waals surface area contributed by atoms with Crippen LogP contribution in [0.1, 0.15) is 61.8 Å². The van der Waals surface area contributed by atoms with Gasteiger partial charge >= 0.3 is 0 Å². The number of carbonyl (C=O) groups excluding carboxylic acids is 1. The smallest absolute Gasteiger partial charge is 0.255 e. The average molecular weight is 407 g/mol. The molecule has 0 saturated heterocycles. The molecule has 30 heavy (non-hydrogen) atoms. The lowest BCUT2D eigenvalue weighted by Crippen LogP contribution is -2.12. The van der Waals surface area contributed by atoms with E-state index in [2.05, 4.69) is 27.5 Å². The van der Waals surface area contributed by atoms with Gasteiger partial charge in [-0.3, -0.25) is 4.79 Å². The average Bonchev–Trinajstić information content (AvgIpc) is 2.79. The van der Waals surface area contributed by atoms with Crippen LogP contribution in [0.4, 0.5) is 17.3 Å². The molecule has 2 N–H and O–H groups in total. The van der Waals surface area contributed by atoms with E-state index in [0.29, 0.717) is 11.5 Å². The molecule has 0 fully saturated rings. The van der Waals surface area contributed by atoms with Crippen molar-refractivity contribution >= 4 is 23.2 Å². The van der Waals surface area contributed by atoms with Gasteiger partial charge in [-0.1, -0.05) is 58.4 Å². The fourth-order valence-electron chi connectivity index (χ4n) is 2.52. The molecule has 3 aromatic rings. The van der Waals surface area contributed by atoms with Gasteiger partial charge in [-0.2, -0.15) is 0 Å². The first-order valence-electron chi connectivity index (χ1n) is 10.6. The number of carbonyl (C=O) groups is 1. The molecule has 160 valence electrons. The van der Waals surface area contributed by atoms with E-state index < -0.39 is 0 Å². The second-order valence-corrected chi connectivity index (χ2v) is 6.20. The minimum atomic E-state index is -0.135. The number of benzene rings is 2. The molecular formula is C25H34N4O. The van der Waals surface area contributed by atoms with Crippen LogP contribution in [-0.4, -0.2) is 15.9 Å². The quantitative estimate of drug-likeness (QED) is 0.494. The molecule has 5 nitrogen and oxygen atoms in total. The summed E-state index contributed by atoms with van der Waals surface area (Å²) < 4.78 is 0. The lowest BCUT2D eigenvalue weighted by atomic mass is 10.1. The number of anilines is 3. The molecule has 2 aromatic carbocycles. The van der Waals surface area contributed by atoms with Gasteiger partial charge in [0.15, 0.2) is 0 Å². The third kappa shape index (κ3) is 7.32. The van der Waals surface area contributed by atoms with E-state index in [9.17, 15) is 4.79 Å². The Morgan fingerprint density at radius 3 is 2.23 bits per heavy atom. The molecule has 0 aliphatic heterocycles. The van der Waals surface area contributed by atoms with Gasteiger partial charge in [0.05, 0.1) is 0 Å². The van der Waals surface area contributed by atoms with E-state index in [-0.39, 0.29) is 5.91 Å². The van der Waals surface area contributed by atoms with E-state index in [0.717, 1.165) is 34.6 Å². The molecular weight excluding hydrogens is 372 g/mol. The third-order valence-corrected chi connectivity index (χ3v) is 4.13. The molecule has 1 heterocycles. The summed E-state index contributed by atoms with van der Waals surface area (Å²) in [6, 6.07) is 15.1. The van der Waals surface area contributed by atoms with Crippen LogP contribution in [0.3, 0.4) is 0 Å². The summed E-state index contributed by atoms with van der Waals surface area (Å²) in [6.07, 6.45) is 2.59. The number of amides is 1. The molecule has 0 saturated carbocycles. The maximum absolute atomic E-state index is 12.4. The lowest BCUT2D eigenvalue weighted by molar-refractivity contribution is 0.102. The van der Waals surface area contributed by atoms with Crippen molar-refractivity contribution < 1.29 is 4.79 Å². The molecule has 1 amide bonds. The van der Waals surface area contributed by atoms with Crippen molar-refractivity contribution in [3.63, 3.8) is 0 Å². The lowest BCUT2D eigenvalue weighted by Gasteiger charge is -2.12. The van der Waals surface area contributed by atoms with E-state index >= 15 is 0 Å². The molecule has 0 aliphatic rings. The minimum absolute atomic E-state index is 0.135. The molecule has 0 unspecified atom stereocenters. The van der Waals surface area contributed by atoms with Gasteiger partial charge in [0.1, 0.15) is 0 Å². The van der Waals surface area contributed by atoms with Crippen molar-refractivity contribution in [2.24, 2.45) is 0 Å². The zero-order chi connectivity index (χ0) is 22.5. The first-order valence-corrected chi connectivity index (χ1v) is 10.6. The van der Waals surface area contributed by atoms with Gasteiger partial charge in [0.25, 0.3) is 5.91 Å². The van der Waals surface area contributed by atoms with Crippen molar-refractivity contribution in [1.82, 2.24) is 9.97 Å². The Bertz CT molecular complexity index is 921. The number of hydrogen-bond donors (Lipinski definition) is 2. The fourth-order valence-corrected chi connectivity index (χ4v) is 2.52. The van der Waals surface area contributed by atoms with Crippen LogP contribution in [-0.2, 0) is 6.42 Å². The molecule has 0 atom stereocenters. The van der Waals surface area contributed by atoms with Gasteiger partial charge in [0.2, 0.25) is 5.95 Å². The van der Waals surface area contributed by atoms with Crippen molar-refractivity contribution in [1.29, 1.82) is 0 Å². The minimum Gasteiger partial charge on any atom is -0.324 e. The van der Waals surface area contributed by atoms with Crippen molar-refractivity contribution in [2.45, 2.75) is 54.9 Å². The van der Waals surface area contributed by atoms with Crippen molar-refractivity contribution in [3.05, 3.63) is 77.1 Å². The molecule has 0 bridgehead atoms. The number of aryl methyl sites for hydroxylation is 3. The summed E-state index contributed by atoms with van der Waals surface area (Å²) in [6.45, 7) is 14.0. The van der Waals surface area contributed by atoms with Gasteiger partial charge in [-0.05, 0) is 56.2 Å². The molecule has 5 heteroatoms. The zero-order valence-electron chi connectivity index (χ0n) is 19.2. The maximum Gasteiger partial charge on any atom is 0.255 e. The Labute approximate surface area is 181 Å². The Kier molecular flexibility index (Phi) is 10.8. The van der Waals surface area contributed by atoms with Crippen LogP contribution >= 0.6 is 0 Å². The van der Waals surface area contributed by atoms with E-state index in [1.807, 2.05) is 90.1 Å². The highest BCUT2D eigenvalue weighted by molar-refractivity contribution is 6.04. The molecule has 0 spiro atoms. The highest BCUT2D eigenvalue weighted by atomic mass is 16.1. The normalized spacial score (nSPS) is 9.43. The second kappa shape index (κ2) is 13.1. The molecule has 0 aliphatic carbocycles. The Morgan fingerprint density at radius 1 is 0.933 bits per heavy atom. The summed E-state index contributed by atoms with van der Waals surface area (Å²) in [5.41, 5.74) is 5.35. The topological polar surface area (TPSA) is 66.9 Å². The molecule has 0 radical (unpaired) electrons. The Morgan fingerprint density at radius 2 is 1.60 bits per heavy atom. The number of hydrogen-bond acceptors (Lipinski definition) is 4. The number of nitrogens with one attached hydrogen (secondary N) is 2. The van der Waals surface area contributed by atoms with Crippen LogP contribution < -0.4 is 10.6 Å². The zero-order valence-corrected chi connectivity index (χ0v) is 19.2. The summed E-state index contributed by atoms with van der Waals surface area (Å²) >= 11 is 0. The first kappa shape index (κ1) is 24.8. The maximum atomic E-state index is 12.4. The van der Waals surface area contributed by atoms with E-state index in [1.165, 1.54) is 0 Å².